The van der Waals surface area contributed by atoms with Gasteiger partial charge in [0.1, 0.15) is 5.60 Å². The summed E-state index contributed by atoms with van der Waals surface area (Å²) in [6, 6.07) is 0. The summed E-state index contributed by atoms with van der Waals surface area (Å²) >= 11 is 1.64. The molecule has 6 heteroatoms. The van der Waals surface area contributed by atoms with Crippen LogP contribution in [0.2, 0.25) is 0 Å². The van der Waals surface area contributed by atoms with Gasteiger partial charge in [-0.15, -0.1) is 0 Å². The van der Waals surface area contributed by atoms with E-state index in [0.717, 1.165) is 39.0 Å². The Morgan fingerprint density at radius 3 is 2.32 bits per heavy atom. The topological polar surface area (TPSA) is 44.8 Å². The zero-order valence-corrected chi connectivity index (χ0v) is 13.2. The minimum absolute atomic E-state index is 0.164. The van der Waals surface area contributed by atoms with Crippen molar-refractivity contribution in [3.05, 3.63) is 0 Å². The zero-order valence-electron chi connectivity index (χ0n) is 12.4. The molecule has 0 bridgehead atoms. The first kappa shape index (κ1) is 14.9. The summed E-state index contributed by atoms with van der Waals surface area (Å²) in [5.41, 5.74) is -0.0566. The molecule has 1 spiro atoms. The predicted octanol–water partition coefficient (Wildman–Crippen LogP) is 2.10. The van der Waals surface area contributed by atoms with Crippen molar-refractivity contribution in [2.45, 2.75) is 39.2 Å². The first-order chi connectivity index (χ1) is 8.84. The van der Waals surface area contributed by atoms with E-state index in [1.165, 1.54) is 0 Å². The van der Waals surface area contributed by atoms with Gasteiger partial charge in [0.15, 0.2) is 0 Å². The van der Waals surface area contributed by atoms with E-state index in [0.29, 0.717) is 5.41 Å². The van der Waals surface area contributed by atoms with Crippen molar-refractivity contribution < 1.29 is 9.53 Å². The second-order valence-electron chi connectivity index (χ2n) is 6.62. The molecule has 110 valence electrons. The van der Waals surface area contributed by atoms with Gasteiger partial charge in [0.05, 0.1) is 0 Å². The van der Waals surface area contributed by atoms with Gasteiger partial charge in [-0.1, -0.05) is 11.9 Å². The van der Waals surface area contributed by atoms with Gasteiger partial charge in [0.2, 0.25) is 0 Å². The van der Waals surface area contributed by atoms with E-state index in [9.17, 15) is 4.79 Å². The molecular weight excluding hydrogens is 262 g/mol. The van der Waals surface area contributed by atoms with E-state index in [1.807, 2.05) is 31.9 Å². The molecule has 2 aliphatic heterocycles. The third-order valence-electron chi connectivity index (χ3n) is 3.75. The van der Waals surface area contributed by atoms with Crippen LogP contribution in [0.3, 0.4) is 0 Å². The van der Waals surface area contributed by atoms with Crippen LogP contribution in [0.15, 0.2) is 0 Å². The molecule has 0 aliphatic carbocycles. The van der Waals surface area contributed by atoms with Crippen molar-refractivity contribution in [3.63, 3.8) is 0 Å². The van der Waals surface area contributed by atoms with E-state index in [4.69, 9.17) is 4.74 Å². The quantitative estimate of drug-likeness (QED) is 0.788. The number of hydrazine groups is 1. The minimum Gasteiger partial charge on any atom is -0.444 e. The number of carbonyl (C=O) groups is 1. The van der Waals surface area contributed by atoms with Crippen LogP contribution in [0.25, 0.3) is 0 Å². The number of rotatable bonds is 2. The SMILES string of the molecule is CSNN1CCC2(CC1)CN(C(=O)OC(C)(C)C)C2. The Kier molecular flexibility index (Phi) is 4.32. The number of nitrogens with one attached hydrogen (secondary N) is 1. The summed E-state index contributed by atoms with van der Waals surface area (Å²) < 4.78 is 5.40. The van der Waals surface area contributed by atoms with Gasteiger partial charge in [-0.25, -0.2) is 9.80 Å². The van der Waals surface area contributed by atoms with E-state index < -0.39 is 5.60 Å². The van der Waals surface area contributed by atoms with Crippen molar-refractivity contribution in [1.29, 1.82) is 0 Å². The maximum Gasteiger partial charge on any atom is 0.410 e. The first-order valence-electron chi connectivity index (χ1n) is 6.85. The molecule has 0 radical (unpaired) electrons. The highest BCUT2D eigenvalue weighted by Gasteiger charge is 2.47. The van der Waals surface area contributed by atoms with Crippen LogP contribution in [-0.2, 0) is 4.74 Å². The predicted molar refractivity (Wildman–Crippen MR) is 77.7 cm³/mol. The fourth-order valence-electron chi connectivity index (χ4n) is 2.74. The van der Waals surface area contributed by atoms with Crippen molar-refractivity contribution in [2.24, 2.45) is 5.41 Å². The monoisotopic (exact) mass is 287 g/mol. The smallest absolute Gasteiger partial charge is 0.410 e. The van der Waals surface area contributed by atoms with Crippen molar-refractivity contribution >= 4 is 18.0 Å². The number of amides is 1. The average molecular weight is 287 g/mol. The van der Waals surface area contributed by atoms with Gasteiger partial charge in [-0.2, -0.15) is 4.83 Å². The first-order valence-corrected chi connectivity index (χ1v) is 8.08. The molecule has 2 saturated heterocycles. The molecule has 0 unspecified atom stereocenters. The molecular formula is C13H25N3O2S. The van der Waals surface area contributed by atoms with Crippen molar-refractivity contribution in [1.82, 2.24) is 14.7 Å². The average Bonchev–Trinajstić information content (AvgIpc) is 2.25. The lowest BCUT2D eigenvalue weighted by molar-refractivity contribution is -0.0613. The number of nitrogens with zero attached hydrogens (tertiary/aromatic N) is 2. The largest absolute Gasteiger partial charge is 0.444 e. The van der Waals surface area contributed by atoms with Gasteiger partial charge in [0.25, 0.3) is 0 Å². The van der Waals surface area contributed by atoms with Gasteiger partial charge in [0, 0.05) is 31.6 Å². The fraction of sp³-hybridized carbons (Fsp3) is 0.923. The van der Waals surface area contributed by atoms with Gasteiger partial charge in [-0.3, -0.25) is 0 Å². The second kappa shape index (κ2) is 5.50. The molecule has 0 atom stereocenters. The van der Waals surface area contributed by atoms with Crippen LogP contribution in [0.4, 0.5) is 4.79 Å². The summed E-state index contributed by atoms with van der Waals surface area (Å²) in [7, 11) is 0. The number of ether oxygens (including phenoxy) is 1. The number of likely N-dealkylation sites (tertiary alicyclic amines) is 1. The summed E-state index contributed by atoms with van der Waals surface area (Å²) in [6.45, 7) is 9.56. The number of carbonyl (C=O) groups excluding carboxylic acids is 1. The Bertz CT molecular complexity index is 327. The lowest BCUT2D eigenvalue weighted by Crippen LogP contribution is -2.63. The van der Waals surface area contributed by atoms with Crippen LogP contribution >= 0.6 is 11.9 Å². The second-order valence-corrected chi connectivity index (χ2v) is 7.21. The molecule has 0 aromatic rings. The maximum atomic E-state index is 11.9. The van der Waals surface area contributed by atoms with Gasteiger partial charge >= 0.3 is 6.09 Å². The maximum absolute atomic E-state index is 11.9. The Balaban J connectivity index is 1.75. The highest BCUT2D eigenvalue weighted by atomic mass is 32.2. The highest BCUT2D eigenvalue weighted by Crippen LogP contribution is 2.40. The van der Waals surface area contributed by atoms with Gasteiger partial charge < -0.3 is 9.64 Å². The van der Waals surface area contributed by atoms with E-state index >= 15 is 0 Å². The normalized spacial score (nSPS) is 23.3. The third kappa shape index (κ3) is 3.77. The molecule has 2 fully saturated rings. The summed E-state index contributed by atoms with van der Waals surface area (Å²) in [6.07, 6.45) is 4.18. The highest BCUT2D eigenvalue weighted by molar-refractivity contribution is 7.96. The van der Waals surface area contributed by atoms with E-state index in [1.54, 1.807) is 11.9 Å². The van der Waals surface area contributed by atoms with Gasteiger partial charge in [-0.05, 0) is 39.9 Å². The molecule has 19 heavy (non-hydrogen) atoms. The minimum atomic E-state index is -0.397. The van der Waals surface area contributed by atoms with Crippen LogP contribution in [0.1, 0.15) is 33.6 Å². The van der Waals surface area contributed by atoms with Crippen molar-refractivity contribution in [2.75, 3.05) is 32.4 Å². The number of hydrogen-bond acceptors (Lipinski definition) is 5. The lowest BCUT2D eigenvalue weighted by atomic mass is 9.72. The molecule has 2 aliphatic rings. The van der Waals surface area contributed by atoms with Crippen LogP contribution in [0, 0.1) is 5.41 Å². The summed E-state index contributed by atoms with van der Waals surface area (Å²) in [5.74, 6) is 0. The summed E-state index contributed by atoms with van der Waals surface area (Å²) in [5, 5.41) is 2.26. The fourth-order valence-corrected chi connectivity index (χ4v) is 3.18. The molecule has 0 saturated carbocycles. The Morgan fingerprint density at radius 2 is 1.84 bits per heavy atom. The van der Waals surface area contributed by atoms with Crippen LogP contribution < -0.4 is 4.83 Å². The molecule has 2 heterocycles. The Morgan fingerprint density at radius 1 is 1.26 bits per heavy atom. The lowest BCUT2D eigenvalue weighted by Gasteiger charge is -2.53. The molecule has 0 aromatic heterocycles. The number of hydrogen-bond donors (Lipinski definition) is 1. The van der Waals surface area contributed by atoms with Crippen LogP contribution in [0.5, 0.6) is 0 Å². The van der Waals surface area contributed by atoms with E-state index in [-0.39, 0.29) is 6.09 Å². The van der Waals surface area contributed by atoms with Crippen molar-refractivity contribution in [3.8, 4) is 0 Å². The summed E-state index contributed by atoms with van der Waals surface area (Å²) in [4.78, 5) is 17.0. The Hall–Kier alpha value is -0.460. The molecule has 0 aromatic carbocycles. The molecule has 1 amide bonds. The van der Waals surface area contributed by atoms with Crippen LogP contribution in [-0.4, -0.2) is 54.0 Å². The molecule has 2 rings (SSSR count). The Labute approximate surface area is 120 Å². The third-order valence-corrected chi connectivity index (χ3v) is 4.19. The molecule has 1 N–H and O–H groups in total. The zero-order chi connectivity index (χ0) is 14.1. The number of piperidine rings is 1. The molecule has 5 nitrogen and oxygen atoms in total. The standard InChI is InChI=1S/C13H25N3O2S/c1-12(2,3)18-11(17)15-9-13(10-15)5-7-16(8-6-13)14-19-4/h14H,5-10H2,1-4H3. The van der Waals surface area contributed by atoms with E-state index in [2.05, 4.69) is 9.84 Å².